The highest BCUT2D eigenvalue weighted by atomic mass is 32.2. The Morgan fingerprint density at radius 1 is 1.36 bits per heavy atom. The van der Waals surface area contributed by atoms with E-state index in [1.807, 2.05) is 30.3 Å². The van der Waals surface area contributed by atoms with Crippen LogP contribution in [-0.2, 0) is 20.3 Å². The van der Waals surface area contributed by atoms with Crippen LogP contribution in [-0.4, -0.2) is 43.1 Å². The lowest BCUT2D eigenvalue weighted by Crippen LogP contribution is -2.33. The average Bonchev–Trinajstić information content (AvgIpc) is 3.00. The Morgan fingerprint density at radius 2 is 2.18 bits per heavy atom. The first-order chi connectivity index (χ1) is 10.5. The lowest BCUT2D eigenvalue weighted by Gasteiger charge is -2.17. The second kappa shape index (κ2) is 6.32. The number of para-hydroxylation sites is 1. The predicted molar refractivity (Wildman–Crippen MR) is 84.2 cm³/mol. The van der Waals surface area contributed by atoms with Crippen molar-refractivity contribution in [3.8, 4) is 0 Å². The maximum Gasteiger partial charge on any atom is 0.157 e. The van der Waals surface area contributed by atoms with Gasteiger partial charge in [-0.25, -0.2) is 8.42 Å². The summed E-state index contributed by atoms with van der Waals surface area (Å²) in [7, 11) is -3.41. The second-order valence-corrected chi connectivity index (χ2v) is 7.82. The van der Waals surface area contributed by atoms with Crippen molar-refractivity contribution in [2.24, 2.45) is 0 Å². The van der Waals surface area contributed by atoms with Gasteiger partial charge in [-0.2, -0.15) is 0 Å². The van der Waals surface area contributed by atoms with Gasteiger partial charge in [-0.05, 0) is 30.5 Å². The number of sulfone groups is 1. The van der Waals surface area contributed by atoms with Gasteiger partial charge in [0.25, 0.3) is 0 Å². The topological polar surface area (TPSA) is 76.5 Å². The summed E-state index contributed by atoms with van der Waals surface area (Å²) in [5.74, 6) is -0.390. The molecule has 0 amide bonds. The van der Waals surface area contributed by atoms with Crippen LogP contribution >= 0.6 is 0 Å². The molecule has 1 N–H and O–H groups in total. The largest absolute Gasteiger partial charge is 0.389 e. The van der Waals surface area contributed by atoms with Crippen LogP contribution in [0.4, 0.5) is 0 Å². The molecule has 3 rings (SSSR count). The molecule has 2 atom stereocenters. The molecule has 1 aromatic carbocycles. The van der Waals surface area contributed by atoms with E-state index in [0.29, 0.717) is 18.6 Å². The molecular formula is C16H19NO4S. The van der Waals surface area contributed by atoms with Gasteiger partial charge in [0.2, 0.25) is 0 Å². The van der Waals surface area contributed by atoms with Crippen molar-refractivity contribution in [2.45, 2.75) is 30.8 Å². The number of aliphatic hydroxyl groups excluding tert-OH is 1. The number of aliphatic hydroxyl groups is 1. The third-order valence-electron chi connectivity index (χ3n) is 3.85. The van der Waals surface area contributed by atoms with Crippen molar-refractivity contribution in [3.63, 3.8) is 0 Å². The standard InChI is InChI=1S/C16H19NO4S/c18-15(16-6-3-7-21-16)11-22(19,20)10-12-8-13-4-1-2-5-14(13)17-9-12/h1-2,4-5,8-9,15-16,18H,3,6-7,10-11H2/t15-,16-/m1/s1. The first kappa shape index (κ1) is 15.4. The summed E-state index contributed by atoms with van der Waals surface area (Å²) in [6.07, 6.45) is 1.86. The minimum Gasteiger partial charge on any atom is -0.389 e. The predicted octanol–water partition coefficient (Wildman–Crippen LogP) is 1.69. The number of pyridine rings is 1. The second-order valence-electron chi connectivity index (χ2n) is 5.71. The number of hydrogen-bond donors (Lipinski definition) is 1. The zero-order valence-electron chi connectivity index (χ0n) is 12.2. The van der Waals surface area contributed by atoms with Gasteiger partial charge in [0, 0.05) is 18.2 Å². The van der Waals surface area contributed by atoms with Crippen LogP contribution in [0.5, 0.6) is 0 Å². The normalized spacial score (nSPS) is 20.3. The molecule has 1 aromatic heterocycles. The Bertz CT molecular complexity index is 754. The maximum atomic E-state index is 12.3. The van der Waals surface area contributed by atoms with Crippen LogP contribution in [0.15, 0.2) is 36.5 Å². The SMILES string of the molecule is O=S(=O)(Cc1cnc2ccccc2c1)C[C@@H](O)[C@H]1CCCO1. The number of rotatable bonds is 5. The number of hydrogen-bond acceptors (Lipinski definition) is 5. The molecule has 0 aliphatic carbocycles. The molecule has 0 unspecified atom stereocenters. The van der Waals surface area contributed by atoms with E-state index >= 15 is 0 Å². The molecule has 2 heterocycles. The molecule has 1 fully saturated rings. The Balaban J connectivity index is 1.71. The number of aromatic nitrogens is 1. The van der Waals surface area contributed by atoms with Gasteiger partial charge < -0.3 is 9.84 Å². The van der Waals surface area contributed by atoms with Crippen molar-refractivity contribution >= 4 is 20.7 Å². The number of benzene rings is 1. The van der Waals surface area contributed by atoms with Crippen LogP contribution in [0.1, 0.15) is 18.4 Å². The van der Waals surface area contributed by atoms with Crippen LogP contribution in [0.25, 0.3) is 10.9 Å². The van der Waals surface area contributed by atoms with Crippen LogP contribution in [0.2, 0.25) is 0 Å². The smallest absolute Gasteiger partial charge is 0.157 e. The highest BCUT2D eigenvalue weighted by Gasteiger charge is 2.28. The number of nitrogens with zero attached hydrogens (tertiary/aromatic N) is 1. The minimum atomic E-state index is -3.41. The van der Waals surface area contributed by atoms with E-state index in [0.717, 1.165) is 17.3 Å². The Morgan fingerprint density at radius 3 is 2.95 bits per heavy atom. The van der Waals surface area contributed by atoms with Gasteiger partial charge in [0.05, 0.1) is 29.2 Å². The summed E-state index contributed by atoms with van der Waals surface area (Å²) in [6, 6.07) is 9.40. The van der Waals surface area contributed by atoms with E-state index in [1.54, 1.807) is 6.20 Å². The van der Waals surface area contributed by atoms with Crippen molar-refractivity contribution in [1.29, 1.82) is 0 Å². The van der Waals surface area contributed by atoms with E-state index in [9.17, 15) is 13.5 Å². The third kappa shape index (κ3) is 3.63. The van der Waals surface area contributed by atoms with Crippen LogP contribution < -0.4 is 0 Å². The number of ether oxygens (including phenoxy) is 1. The van der Waals surface area contributed by atoms with Crippen LogP contribution in [0, 0.1) is 0 Å². The van der Waals surface area contributed by atoms with E-state index < -0.39 is 15.9 Å². The molecule has 1 saturated heterocycles. The van der Waals surface area contributed by atoms with Crippen LogP contribution in [0.3, 0.4) is 0 Å². The molecule has 1 aliphatic rings. The maximum absolute atomic E-state index is 12.3. The summed E-state index contributed by atoms with van der Waals surface area (Å²) in [5.41, 5.74) is 1.47. The summed E-state index contributed by atoms with van der Waals surface area (Å²) in [6.45, 7) is 0.594. The van der Waals surface area contributed by atoms with E-state index in [4.69, 9.17) is 4.74 Å². The summed E-state index contributed by atoms with van der Waals surface area (Å²) in [5, 5.41) is 10.9. The lowest BCUT2D eigenvalue weighted by molar-refractivity contribution is 0.0102. The molecule has 2 aromatic rings. The zero-order valence-corrected chi connectivity index (χ0v) is 13.0. The van der Waals surface area contributed by atoms with Gasteiger partial charge in [-0.3, -0.25) is 4.98 Å². The Labute approximate surface area is 129 Å². The fourth-order valence-electron chi connectivity index (χ4n) is 2.78. The average molecular weight is 321 g/mol. The van der Waals surface area contributed by atoms with Gasteiger partial charge in [0.1, 0.15) is 0 Å². The van der Waals surface area contributed by atoms with E-state index in [-0.39, 0.29) is 17.6 Å². The van der Waals surface area contributed by atoms with Gasteiger partial charge in [0.15, 0.2) is 9.84 Å². The van der Waals surface area contributed by atoms with Crippen molar-refractivity contribution < 1.29 is 18.3 Å². The molecule has 1 aliphatic heterocycles. The monoisotopic (exact) mass is 321 g/mol. The fourth-order valence-corrected chi connectivity index (χ4v) is 4.30. The number of fused-ring (bicyclic) bond motifs is 1. The van der Waals surface area contributed by atoms with E-state index in [2.05, 4.69) is 4.98 Å². The summed E-state index contributed by atoms with van der Waals surface area (Å²) < 4.78 is 29.9. The van der Waals surface area contributed by atoms with Crippen molar-refractivity contribution in [2.75, 3.05) is 12.4 Å². The summed E-state index contributed by atoms with van der Waals surface area (Å²) >= 11 is 0. The van der Waals surface area contributed by atoms with Crippen molar-refractivity contribution in [1.82, 2.24) is 4.98 Å². The molecule has 6 heteroatoms. The highest BCUT2D eigenvalue weighted by Crippen LogP contribution is 2.19. The van der Waals surface area contributed by atoms with E-state index in [1.165, 1.54) is 0 Å². The first-order valence-electron chi connectivity index (χ1n) is 7.37. The molecular weight excluding hydrogens is 302 g/mol. The zero-order chi connectivity index (χ0) is 15.6. The van der Waals surface area contributed by atoms with Gasteiger partial charge in [-0.1, -0.05) is 18.2 Å². The summed E-state index contributed by atoms with van der Waals surface area (Å²) in [4.78, 5) is 4.27. The molecule has 0 bridgehead atoms. The van der Waals surface area contributed by atoms with Gasteiger partial charge in [-0.15, -0.1) is 0 Å². The quantitative estimate of drug-likeness (QED) is 0.907. The van der Waals surface area contributed by atoms with Gasteiger partial charge >= 0.3 is 0 Å². The molecule has 22 heavy (non-hydrogen) atoms. The molecule has 5 nitrogen and oxygen atoms in total. The lowest BCUT2D eigenvalue weighted by atomic mass is 10.1. The Hall–Kier alpha value is -1.50. The molecule has 0 radical (unpaired) electrons. The molecule has 0 saturated carbocycles. The minimum absolute atomic E-state index is 0.116. The highest BCUT2D eigenvalue weighted by molar-refractivity contribution is 7.90. The Kier molecular flexibility index (Phi) is 4.42. The third-order valence-corrected chi connectivity index (χ3v) is 5.47. The molecule has 0 spiro atoms. The fraction of sp³-hybridized carbons (Fsp3) is 0.438. The molecule has 118 valence electrons. The van der Waals surface area contributed by atoms with Crippen molar-refractivity contribution in [3.05, 3.63) is 42.1 Å². The first-order valence-corrected chi connectivity index (χ1v) is 9.19.